The molecule has 2 aromatic heterocycles. The SMILES string of the molecule is CCOc1cc(-c2ccccc2)c2cc(Cl)nnc2n1. The van der Waals surface area contributed by atoms with Gasteiger partial charge in [-0.05, 0) is 24.1 Å². The van der Waals surface area contributed by atoms with Crippen LogP contribution < -0.4 is 4.74 Å². The van der Waals surface area contributed by atoms with Crippen LogP contribution in [0, 0.1) is 0 Å². The van der Waals surface area contributed by atoms with Crippen LogP contribution in [0.5, 0.6) is 5.88 Å². The molecular weight excluding hydrogens is 274 g/mol. The molecule has 5 heteroatoms. The molecule has 0 N–H and O–H groups in total. The van der Waals surface area contributed by atoms with E-state index in [4.69, 9.17) is 16.3 Å². The molecule has 4 nitrogen and oxygen atoms in total. The van der Waals surface area contributed by atoms with Crippen LogP contribution in [0.4, 0.5) is 0 Å². The van der Waals surface area contributed by atoms with Crippen LogP contribution in [0.3, 0.4) is 0 Å². The number of ether oxygens (including phenoxy) is 1. The molecule has 0 saturated heterocycles. The molecule has 0 aliphatic carbocycles. The molecule has 2 heterocycles. The van der Waals surface area contributed by atoms with Crippen molar-refractivity contribution in [2.75, 3.05) is 6.61 Å². The first-order chi connectivity index (χ1) is 9.78. The van der Waals surface area contributed by atoms with Crippen molar-refractivity contribution in [1.29, 1.82) is 0 Å². The third-order valence-corrected chi connectivity index (χ3v) is 3.08. The average Bonchev–Trinajstić information content (AvgIpc) is 2.48. The van der Waals surface area contributed by atoms with Gasteiger partial charge < -0.3 is 4.74 Å². The number of hydrogen-bond acceptors (Lipinski definition) is 4. The van der Waals surface area contributed by atoms with Gasteiger partial charge >= 0.3 is 0 Å². The molecule has 0 bridgehead atoms. The van der Waals surface area contributed by atoms with E-state index in [-0.39, 0.29) is 0 Å². The molecule has 0 amide bonds. The quantitative estimate of drug-likeness (QED) is 0.735. The van der Waals surface area contributed by atoms with Gasteiger partial charge in [-0.2, -0.15) is 4.98 Å². The number of rotatable bonds is 3. The maximum absolute atomic E-state index is 5.95. The molecule has 0 spiro atoms. The number of pyridine rings is 1. The topological polar surface area (TPSA) is 47.9 Å². The molecule has 0 unspecified atom stereocenters. The number of halogens is 1. The van der Waals surface area contributed by atoms with Gasteiger partial charge in [0.15, 0.2) is 10.8 Å². The standard InChI is InChI=1S/C15H12ClN3O/c1-2-20-14-9-11(10-6-4-3-5-7-10)12-8-13(16)18-19-15(12)17-14/h3-9H,2H2,1H3. The van der Waals surface area contributed by atoms with Gasteiger partial charge in [-0.25, -0.2) is 0 Å². The smallest absolute Gasteiger partial charge is 0.215 e. The van der Waals surface area contributed by atoms with Gasteiger partial charge in [-0.3, -0.25) is 0 Å². The van der Waals surface area contributed by atoms with E-state index in [0.29, 0.717) is 23.3 Å². The lowest BCUT2D eigenvalue weighted by molar-refractivity contribution is 0.328. The summed E-state index contributed by atoms with van der Waals surface area (Å²) in [6.45, 7) is 2.47. The molecule has 100 valence electrons. The Labute approximate surface area is 121 Å². The fourth-order valence-corrected chi connectivity index (χ4v) is 2.21. The van der Waals surface area contributed by atoms with Crippen LogP contribution in [-0.2, 0) is 0 Å². The fourth-order valence-electron chi connectivity index (χ4n) is 2.06. The monoisotopic (exact) mass is 285 g/mol. The van der Waals surface area contributed by atoms with Gasteiger partial charge in [0, 0.05) is 11.5 Å². The molecule has 1 aromatic carbocycles. The summed E-state index contributed by atoms with van der Waals surface area (Å²) in [4.78, 5) is 4.34. The van der Waals surface area contributed by atoms with Gasteiger partial charge in [-0.1, -0.05) is 41.9 Å². The Morgan fingerprint density at radius 2 is 1.90 bits per heavy atom. The summed E-state index contributed by atoms with van der Waals surface area (Å²) in [6.07, 6.45) is 0. The zero-order valence-corrected chi connectivity index (χ0v) is 11.6. The molecule has 0 aliphatic rings. The van der Waals surface area contributed by atoms with Crippen molar-refractivity contribution in [3.8, 4) is 17.0 Å². The minimum atomic E-state index is 0.348. The van der Waals surface area contributed by atoms with Crippen molar-refractivity contribution in [2.24, 2.45) is 0 Å². The van der Waals surface area contributed by atoms with E-state index >= 15 is 0 Å². The predicted octanol–water partition coefficient (Wildman–Crippen LogP) is 3.74. The van der Waals surface area contributed by atoms with Crippen molar-refractivity contribution < 1.29 is 4.74 Å². The van der Waals surface area contributed by atoms with E-state index in [0.717, 1.165) is 16.5 Å². The van der Waals surface area contributed by atoms with Crippen LogP contribution in [0.15, 0.2) is 42.5 Å². The van der Waals surface area contributed by atoms with E-state index in [1.165, 1.54) is 0 Å². The molecular formula is C15H12ClN3O. The zero-order valence-electron chi connectivity index (χ0n) is 10.9. The first-order valence-electron chi connectivity index (χ1n) is 6.30. The lowest BCUT2D eigenvalue weighted by Crippen LogP contribution is -1.98. The second-order valence-electron chi connectivity index (χ2n) is 4.21. The summed E-state index contributed by atoms with van der Waals surface area (Å²) >= 11 is 5.95. The Bertz CT molecular complexity index is 747. The predicted molar refractivity (Wildman–Crippen MR) is 78.9 cm³/mol. The minimum Gasteiger partial charge on any atom is -0.478 e. The maximum atomic E-state index is 5.95. The molecule has 3 rings (SSSR count). The van der Waals surface area contributed by atoms with Gasteiger partial charge in [0.1, 0.15) is 0 Å². The van der Waals surface area contributed by atoms with Crippen LogP contribution in [0.2, 0.25) is 5.15 Å². The number of hydrogen-bond donors (Lipinski definition) is 0. The third-order valence-electron chi connectivity index (χ3n) is 2.90. The number of benzene rings is 1. The van der Waals surface area contributed by atoms with Crippen molar-refractivity contribution in [1.82, 2.24) is 15.2 Å². The van der Waals surface area contributed by atoms with E-state index in [2.05, 4.69) is 15.2 Å². The summed E-state index contributed by atoms with van der Waals surface area (Å²) < 4.78 is 5.49. The first-order valence-corrected chi connectivity index (χ1v) is 6.68. The van der Waals surface area contributed by atoms with E-state index < -0.39 is 0 Å². The molecule has 0 radical (unpaired) electrons. The molecule has 0 aliphatic heterocycles. The highest BCUT2D eigenvalue weighted by molar-refractivity contribution is 6.30. The summed E-state index contributed by atoms with van der Waals surface area (Å²) in [6, 6.07) is 13.7. The van der Waals surface area contributed by atoms with Crippen molar-refractivity contribution in [3.63, 3.8) is 0 Å². The Kier molecular flexibility index (Phi) is 3.48. The van der Waals surface area contributed by atoms with E-state index in [1.807, 2.05) is 43.3 Å². The van der Waals surface area contributed by atoms with Crippen LogP contribution in [-0.4, -0.2) is 21.8 Å². The van der Waals surface area contributed by atoms with Crippen molar-refractivity contribution in [3.05, 3.63) is 47.6 Å². The van der Waals surface area contributed by atoms with Gasteiger partial charge in [0.25, 0.3) is 0 Å². The fraction of sp³-hybridized carbons (Fsp3) is 0.133. The molecule has 0 saturated carbocycles. The second-order valence-corrected chi connectivity index (χ2v) is 4.60. The lowest BCUT2D eigenvalue weighted by atomic mass is 10.0. The lowest BCUT2D eigenvalue weighted by Gasteiger charge is -2.09. The largest absolute Gasteiger partial charge is 0.478 e. The highest BCUT2D eigenvalue weighted by Crippen LogP contribution is 2.30. The minimum absolute atomic E-state index is 0.348. The highest BCUT2D eigenvalue weighted by Gasteiger charge is 2.10. The molecule has 0 atom stereocenters. The Morgan fingerprint density at radius 1 is 1.10 bits per heavy atom. The Hall–Kier alpha value is -2.20. The number of nitrogens with zero attached hydrogens (tertiary/aromatic N) is 3. The second kappa shape index (κ2) is 5.43. The normalized spacial score (nSPS) is 10.7. The summed E-state index contributed by atoms with van der Waals surface area (Å²) in [5.74, 6) is 0.537. The summed E-state index contributed by atoms with van der Waals surface area (Å²) in [5.41, 5.74) is 2.57. The van der Waals surface area contributed by atoms with Crippen LogP contribution in [0.1, 0.15) is 6.92 Å². The molecule has 20 heavy (non-hydrogen) atoms. The number of aromatic nitrogens is 3. The average molecular weight is 286 g/mol. The van der Waals surface area contributed by atoms with Crippen LogP contribution >= 0.6 is 11.6 Å². The van der Waals surface area contributed by atoms with Crippen molar-refractivity contribution in [2.45, 2.75) is 6.92 Å². The highest BCUT2D eigenvalue weighted by atomic mass is 35.5. The first kappa shape index (κ1) is 12.8. The zero-order chi connectivity index (χ0) is 13.9. The molecule has 0 fully saturated rings. The van der Waals surface area contributed by atoms with Gasteiger partial charge in [-0.15, -0.1) is 10.2 Å². The van der Waals surface area contributed by atoms with Crippen molar-refractivity contribution >= 4 is 22.6 Å². The molecule has 3 aromatic rings. The van der Waals surface area contributed by atoms with Crippen LogP contribution in [0.25, 0.3) is 22.2 Å². The van der Waals surface area contributed by atoms with E-state index in [1.54, 1.807) is 6.07 Å². The number of fused-ring (bicyclic) bond motifs is 1. The Balaban J connectivity index is 2.29. The Morgan fingerprint density at radius 3 is 2.65 bits per heavy atom. The third kappa shape index (κ3) is 2.42. The van der Waals surface area contributed by atoms with Gasteiger partial charge in [0.05, 0.1) is 6.61 Å². The van der Waals surface area contributed by atoms with Gasteiger partial charge in [0.2, 0.25) is 5.88 Å². The summed E-state index contributed by atoms with van der Waals surface area (Å²) in [5, 5.41) is 9.09. The van der Waals surface area contributed by atoms with E-state index in [9.17, 15) is 0 Å². The maximum Gasteiger partial charge on any atom is 0.215 e. The summed E-state index contributed by atoms with van der Waals surface area (Å²) in [7, 11) is 0.